The number of rotatable bonds is 12. The molecule has 0 aliphatic heterocycles. The van der Waals surface area contributed by atoms with Crippen molar-refractivity contribution in [2.24, 2.45) is 0 Å². The van der Waals surface area contributed by atoms with Gasteiger partial charge in [0, 0.05) is 23.9 Å². The van der Waals surface area contributed by atoms with Crippen LogP contribution in [0.3, 0.4) is 0 Å². The molecule has 2 aromatic rings. The minimum Gasteiger partial charge on any atom is -0.494 e. The highest BCUT2D eigenvalue weighted by Gasteiger charge is 2.09. The molecule has 0 bridgehead atoms. The van der Waals surface area contributed by atoms with Crippen molar-refractivity contribution in [2.75, 3.05) is 31.6 Å². The van der Waals surface area contributed by atoms with Crippen LogP contribution in [-0.2, 0) is 9.59 Å². The Morgan fingerprint density at radius 2 is 1.65 bits per heavy atom. The Bertz CT molecular complexity index is 868. The first-order valence-electron chi connectivity index (χ1n) is 10.3. The van der Waals surface area contributed by atoms with Gasteiger partial charge in [0.05, 0.1) is 13.2 Å². The van der Waals surface area contributed by atoms with Crippen molar-refractivity contribution in [1.29, 1.82) is 0 Å². The molecule has 0 saturated carbocycles. The third-order valence-corrected chi connectivity index (χ3v) is 4.15. The summed E-state index contributed by atoms with van der Waals surface area (Å²) in [5.74, 6) is 0.203. The van der Waals surface area contributed by atoms with Crippen LogP contribution in [0.15, 0.2) is 48.5 Å². The summed E-state index contributed by atoms with van der Waals surface area (Å²) in [7, 11) is 0. The Kier molecular flexibility index (Phi) is 9.87. The third kappa shape index (κ3) is 8.77. The topological polar surface area (TPSA) is 106 Å². The lowest BCUT2D eigenvalue weighted by Gasteiger charge is -2.10. The molecule has 8 nitrogen and oxygen atoms in total. The van der Waals surface area contributed by atoms with Gasteiger partial charge in [0.2, 0.25) is 5.91 Å². The Hall–Kier alpha value is -3.55. The van der Waals surface area contributed by atoms with E-state index in [9.17, 15) is 14.4 Å². The lowest BCUT2D eigenvalue weighted by Crippen LogP contribution is -2.32. The van der Waals surface area contributed by atoms with E-state index < -0.39 is 0 Å². The lowest BCUT2D eigenvalue weighted by atomic mass is 10.2. The smallest absolute Gasteiger partial charge is 0.257 e. The molecule has 0 radical (unpaired) electrons. The second-order valence-corrected chi connectivity index (χ2v) is 6.73. The molecular formula is C23H29N3O5. The Labute approximate surface area is 182 Å². The summed E-state index contributed by atoms with van der Waals surface area (Å²) < 4.78 is 11.0. The van der Waals surface area contributed by atoms with E-state index in [-0.39, 0.29) is 30.9 Å². The fourth-order valence-electron chi connectivity index (χ4n) is 2.57. The summed E-state index contributed by atoms with van der Waals surface area (Å²) in [6, 6.07) is 13.5. The van der Waals surface area contributed by atoms with E-state index in [4.69, 9.17) is 9.47 Å². The number of benzene rings is 2. The quantitative estimate of drug-likeness (QED) is 0.452. The van der Waals surface area contributed by atoms with Crippen LogP contribution in [0.4, 0.5) is 5.69 Å². The minimum atomic E-state index is -0.381. The molecule has 0 fully saturated rings. The average Bonchev–Trinajstić information content (AvgIpc) is 2.77. The molecule has 0 saturated heterocycles. The van der Waals surface area contributed by atoms with Crippen molar-refractivity contribution in [3.8, 4) is 11.5 Å². The maximum atomic E-state index is 12.2. The van der Waals surface area contributed by atoms with E-state index in [2.05, 4.69) is 22.9 Å². The number of anilines is 1. The summed E-state index contributed by atoms with van der Waals surface area (Å²) in [6.45, 7) is 4.79. The molecule has 0 aromatic heterocycles. The molecule has 0 atom stereocenters. The molecule has 2 aromatic carbocycles. The Morgan fingerprint density at radius 1 is 0.871 bits per heavy atom. The zero-order valence-corrected chi connectivity index (χ0v) is 17.9. The number of carbonyl (C=O) groups is 3. The standard InChI is InChI=1S/C23H29N3O5/c1-3-5-13-30-19-11-9-17(10-12-19)23(29)25-15-21(27)26-18-7-6-8-20(14-18)31-16-22(28)24-4-2/h6-12,14H,3-5,13,15-16H2,1-2H3,(H,24,28)(H,25,29)(H,26,27). The minimum absolute atomic E-state index is 0.107. The van der Waals surface area contributed by atoms with Crippen LogP contribution < -0.4 is 25.4 Å². The molecule has 0 aliphatic rings. The van der Waals surface area contributed by atoms with Crippen LogP contribution in [0.5, 0.6) is 11.5 Å². The fourth-order valence-corrected chi connectivity index (χ4v) is 2.57. The van der Waals surface area contributed by atoms with Crippen LogP contribution in [0, 0.1) is 0 Å². The molecule has 2 rings (SSSR count). The molecule has 3 N–H and O–H groups in total. The molecule has 166 valence electrons. The van der Waals surface area contributed by atoms with Crippen LogP contribution in [0.25, 0.3) is 0 Å². The Balaban J connectivity index is 1.79. The number of carbonyl (C=O) groups excluding carboxylic acids is 3. The van der Waals surface area contributed by atoms with Gasteiger partial charge < -0.3 is 25.4 Å². The number of amides is 3. The first-order chi connectivity index (χ1) is 15.0. The Morgan fingerprint density at radius 3 is 2.35 bits per heavy atom. The predicted octanol–water partition coefficient (Wildman–Crippen LogP) is 2.75. The van der Waals surface area contributed by atoms with E-state index in [1.165, 1.54) is 0 Å². The molecule has 0 heterocycles. The molecule has 0 aliphatic carbocycles. The third-order valence-electron chi connectivity index (χ3n) is 4.15. The normalized spacial score (nSPS) is 10.1. The summed E-state index contributed by atoms with van der Waals surface area (Å²) in [5.41, 5.74) is 0.942. The van der Waals surface area contributed by atoms with Gasteiger partial charge in [0.25, 0.3) is 11.8 Å². The van der Waals surface area contributed by atoms with Crippen molar-refractivity contribution < 1.29 is 23.9 Å². The number of likely N-dealkylation sites (N-methyl/N-ethyl adjacent to an activating group) is 1. The van der Waals surface area contributed by atoms with E-state index >= 15 is 0 Å². The highest BCUT2D eigenvalue weighted by molar-refractivity contribution is 5.99. The zero-order valence-electron chi connectivity index (χ0n) is 17.9. The van der Waals surface area contributed by atoms with E-state index in [1.807, 2.05) is 6.92 Å². The zero-order chi connectivity index (χ0) is 22.5. The SMILES string of the molecule is CCCCOc1ccc(C(=O)NCC(=O)Nc2cccc(OCC(=O)NCC)c2)cc1. The fraction of sp³-hybridized carbons (Fsp3) is 0.348. The van der Waals surface area contributed by atoms with Gasteiger partial charge in [-0.2, -0.15) is 0 Å². The van der Waals surface area contributed by atoms with Crippen molar-refractivity contribution in [2.45, 2.75) is 26.7 Å². The summed E-state index contributed by atoms with van der Waals surface area (Å²) in [4.78, 5) is 35.9. The van der Waals surface area contributed by atoms with Gasteiger partial charge in [-0.3, -0.25) is 14.4 Å². The van der Waals surface area contributed by atoms with Gasteiger partial charge in [-0.1, -0.05) is 19.4 Å². The van der Waals surface area contributed by atoms with Crippen LogP contribution in [-0.4, -0.2) is 44.0 Å². The number of hydrogen-bond acceptors (Lipinski definition) is 5. The second kappa shape index (κ2) is 12.9. The molecule has 8 heteroatoms. The van der Waals surface area contributed by atoms with Crippen molar-refractivity contribution in [3.05, 3.63) is 54.1 Å². The van der Waals surface area contributed by atoms with E-state index in [0.29, 0.717) is 35.9 Å². The first kappa shape index (κ1) is 23.7. The summed E-state index contributed by atoms with van der Waals surface area (Å²) in [6.07, 6.45) is 2.02. The number of unbranched alkanes of at least 4 members (excludes halogenated alkanes) is 1. The van der Waals surface area contributed by atoms with Gasteiger partial charge in [-0.05, 0) is 49.7 Å². The molecule has 0 spiro atoms. The number of ether oxygens (including phenoxy) is 2. The molecule has 3 amide bonds. The van der Waals surface area contributed by atoms with E-state index in [0.717, 1.165) is 12.8 Å². The second-order valence-electron chi connectivity index (χ2n) is 6.73. The van der Waals surface area contributed by atoms with Gasteiger partial charge in [-0.15, -0.1) is 0 Å². The largest absolute Gasteiger partial charge is 0.494 e. The molecular weight excluding hydrogens is 398 g/mol. The molecule has 0 unspecified atom stereocenters. The summed E-state index contributed by atoms with van der Waals surface area (Å²) >= 11 is 0. The van der Waals surface area contributed by atoms with Gasteiger partial charge >= 0.3 is 0 Å². The van der Waals surface area contributed by atoms with Crippen LogP contribution >= 0.6 is 0 Å². The summed E-state index contributed by atoms with van der Waals surface area (Å²) in [5, 5.41) is 7.91. The molecule has 31 heavy (non-hydrogen) atoms. The maximum absolute atomic E-state index is 12.2. The van der Waals surface area contributed by atoms with Gasteiger partial charge in [-0.25, -0.2) is 0 Å². The van der Waals surface area contributed by atoms with Crippen molar-refractivity contribution in [1.82, 2.24) is 10.6 Å². The van der Waals surface area contributed by atoms with E-state index in [1.54, 1.807) is 48.5 Å². The van der Waals surface area contributed by atoms with Crippen LogP contribution in [0.1, 0.15) is 37.0 Å². The van der Waals surface area contributed by atoms with Crippen molar-refractivity contribution in [3.63, 3.8) is 0 Å². The lowest BCUT2D eigenvalue weighted by molar-refractivity contribution is -0.123. The van der Waals surface area contributed by atoms with Gasteiger partial charge in [0.15, 0.2) is 6.61 Å². The number of hydrogen-bond donors (Lipinski definition) is 3. The highest BCUT2D eigenvalue weighted by atomic mass is 16.5. The number of nitrogens with one attached hydrogen (secondary N) is 3. The van der Waals surface area contributed by atoms with Gasteiger partial charge in [0.1, 0.15) is 11.5 Å². The highest BCUT2D eigenvalue weighted by Crippen LogP contribution is 2.17. The maximum Gasteiger partial charge on any atom is 0.257 e. The van der Waals surface area contributed by atoms with Crippen molar-refractivity contribution >= 4 is 23.4 Å². The first-order valence-corrected chi connectivity index (χ1v) is 10.3. The monoisotopic (exact) mass is 427 g/mol. The predicted molar refractivity (Wildman–Crippen MR) is 118 cm³/mol. The average molecular weight is 428 g/mol. The van der Waals surface area contributed by atoms with Crippen LogP contribution in [0.2, 0.25) is 0 Å².